The summed E-state index contributed by atoms with van der Waals surface area (Å²) in [5.74, 6) is 1.57. The third kappa shape index (κ3) is 4.33. The number of aryl methyl sites for hydroxylation is 1. The van der Waals surface area contributed by atoms with E-state index < -0.39 is 6.10 Å². The third-order valence-corrected chi connectivity index (χ3v) is 4.51. The van der Waals surface area contributed by atoms with E-state index in [2.05, 4.69) is 21.8 Å². The average molecular weight is 324 g/mol. The van der Waals surface area contributed by atoms with Gasteiger partial charge in [-0.3, -0.25) is 4.79 Å². The lowest BCUT2D eigenvalue weighted by Gasteiger charge is -2.36. The highest BCUT2D eigenvalue weighted by Crippen LogP contribution is 2.15. The Morgan fingerprint density at radius 3 is 2.73 bits per heavy atom. The van der Waals surface area contributed by atoms with Gasteiger partial charge < -0.3 is 14.9 Å². The molecule has 1 aliphatic heterocycles. The average Bonchev–Trinajstić information content (AvgIpc) is 2.59. The van der Waals surface area contributed by atoms with Gasteiger partial charge in [-0.25, -0.2) is 9.97 Å². The van der Waals surface area contributed by atoms with Crippen molar-refractivity contribution < 1.29 is 9.90 Å². The van der Waals surface area contributed by atoms with Crippen LogP contribution in [0.25, 0.3) is 0 Å². The largest absolute Gasteiger partial charge is 0.383 e. The second-order valence-electron chi connectivity index (χ2n) is 5.33. The molecular formula is C15H24N4O2S. The predicted octanol–water partition coefficient (Wildman–Crippen LogP) is 0.802. The number of nitrogens with zero attached hydrogens (tertiary/aromatic N) is 4. The molecule has 1 saturated heterocycles. The first-order valence-electron chi connectivity index (χ1n) is 7.67. The lowest BCUT2D eigenvalue weighted by atomic mass is 10.2. The predicted molar refractivity (Wildman–Crippen MR) is 89.2 cm³/mol. The van der Waals surface area contributed by atoms with E-state index in [9.17, 15) is 9.90 Å². The number of hydrogen-bond donors (Lipinski definition) is 1. The molecular weight excluding hydrogens is 300 g/mol. The summed E-state index contributed by atoms with van der Waals surface area (Å²) in [7, 11) is 0. The second kappa shape index (κ2) is 8.33. The highest BCUT2D eigenvalue weighted by Gasteiger charge is 2.26. The van der Waals surface area contributed by atoms with Gasteiger partial charge in [0.2, 0.25) is 0 Å². The van der Waals surface area contributed by atoms with E-state index in [1.54, 1.807) is 23.0 Å². The van der Waals surface area contributed by atoms with Gasteiger partial charge in [-0.05, 0) is 24.9 Å². The minimum atomic E-state index is -0.871. The molecule has 0 bridgehead atoms. The van der Waals surface area contributed by atoms with E-state index in [1.807, 2.05) is 12.3 Å². The molecule has 6 nitrogen and oxygen atoms in total. The maximum atomic E-state index is 12.2. The Hall–Kier alpha value is -1.34. The van der Waals surface area contributed by atoms with Gasteiger partial charge in [0.1, 0.15) is 18.2 Å². The van der Waals surface area contributed by atoms with Crippen molar-refractivity contribution in [1.29, 1.82) is 0 Å². The molecule has 1 atom stereocenters. The van der Waals surface area contributed by atoms with Gasteiger partial charge in [0.15, 0.2) is 0 Å². The third-order valence-electron chi connectivity index (χ3n) is 3.87. The summed E-state index contributed by atoms with van der Waals surface area (Å²) in [4.78, 5) is 24.6. The fourth-order valence-electron chi connectivity index (χ4n) is 2.47. The molecule has 0 spiro atoms. The molecule has 0 aromatic carbocycles. The molecule has 1 N–H and O–H groups in total. The SMILES string of the molecule is CCc1cc(N2CCN(C(=O)[C@H](O)CCSC)CC2)ncn1. The van der Waals surface area contributed by atoms with Crippen LogP contribution in [-0.4, -0.2) is 70.2 Å². The van der Waals surface area contributed by atoms with Crippen LogP contribution in [0.4, 0.5) is 5.82 Å². The van der Waals surface area contributed by atoms with E-state index >= 15 is 0 Å². The van der Waals surface area contributed by atoms with Crippen molar-refractivity contribution in [1.82, 2.24) is 14.9 Å². The molecule has 0 saturated carbocycles. The van der Waals surface area contributed by atoms with Gasteiger partial charge >= 0.3 is 0 Å². The van der Waals surface area contributed by atoms with Crippen molar-refractivity contribution in [2.24, 2.45) is 0 Å². The van der Waals surface area contributed by atoms with Crippen molar-refractivity contribution in [2.45, 2.75) is 25.9 Å². The zero-order valence-electron chi connectivity index (χ0n) is 13.2. The number of thioether (sulfide) groups is 1. The van der Waals surface area contributed by atoms with E-state index in [0.29, 0.717) is 19.5 Å². The number of aliphatic hydroxyl groups excluding tert-OH is 1. The Kier molecular flexibility index (Phi) is 6.45. The Morgan fingerprint density at radius 1 is 1.36 bits per heavy atom. The van der Waals surface area contributed by atoms with Gasteiger partial charge in [-0.1, -0.05) is 6.92 Å². The maximum absolute atomic E-state index is 12.2. The van der Waals surface area contributed by atoms with Crippen molar-refractivity contribution in [2.75, 3.05) is 43.1 Å². The van der Waals surface area contributed by atoms with Gasteiger partial charge in [0.25, 0.3) is 5.91 Å². The van der Waals surface area contributed by atoms with Gasteiger partial charge in [-0.2, -0.15) is 11.8 Å². The van der Waals surface area contributed by atoms with Crippen LogP contribution in [0.1, 0.15) is 19.0 Å². The molecule has 1 aliphatic rings. The molecule has 7 heteroatoms. The van der Waals surface area contributed by atoms with E-state index in [0.717, 1.165) is 36.8 Å². The van der Waals surface area contributed by atoms with Crippen molar-refractivity contribution in [3.8, 4) is 0 Å². The van der Waals surface area contributed by atoms with Crippen LogP contribution in [0.5, 0.6) is 0 Å². The number of rotatable bonds is 6. The number of carbonyl (C=O) groups is 1. The highest BCUT2D eigenvalue weighted by atomic mass is 32.2. The van der Waals surface area contributed by atoms with Crippen LogP contribution in [0.15, 0.2) is 12.4 Å². The molecule has 1 aromatic heterocycles. The monoisotopic (exact) mass is 324 g/mol. The molecule has 122 valence electrons. The number of carbonyl (C=O) groups excluding carboxylic acids is 1. The maximum Gasteiger partial charge on any atom is 0.251 e. The summed E-state index contributed by atoms with van der Waals surface area (Å²) in [5.41, 5.74) is 1.02. The van der Waals surface area contributed by atoms with Gasteiger partial charge in [0.05, 0.1) is 0 Å². The first kappa shape index (κ1) is 17.0. The summed E-state index contributed by atoms with van der Waals surface area (Å²) >= 11 is 1.64. The van der Waals surface area contributed by atoms with Crippen molar-refractivity contribution in [3.63, 3.8) is 0 Å². The highest BCUT2D eigenvalue weighted by molar-refractivity contribution is 7.98. The van der Waals surface area contributed by atoms with Crippen LogP contribution in [0.3, 0.4) is 0 Å². The van der Waals surface area contributed by atoms with Crippen LogP contribution in [0.2, 0.25) is 0 Å². The number of piperazine rings is 1. The standard InChI is InChI=1S/C15H24N4O2S/c1-3-12-10-14(17-11-16-12)18-5-7-19(8-6-18)15(21)13(20)4-9-22-2/h10-11,13,20H,3-9H2,1-2H3/t13-/m1/s1. The molecule has 22 heavy (non-hydrogen) atoms. The summed E-state index contributed by atoms with van der Waals surface area (Å²) < 4.78 is 0. The smallest absolute Gasteiger partial charge is 0.251 e. The minimum Gasteiger partial charge on any atom is -0.383 e. The second-order valence-corrected chi connectivity index (χ2v) is 6.32. The minimum absolute atomic E-state index is 0.148. The zero-order valence-corrected chi connectivity index (χ0v) is 14.1. The summed E-state index contributed by atoms with van der Waals surface area (Å²) in [6, 6.07) is 2.00. The Bertz CT molecular complexity index is 492. The molecule has 1 amide bonds. The van der Waals surface area contributed by atoms with Crippen LogP contribution in [-0.2, 0) is 11.2 Å². The van der Waals surface area contributed by atoms with Crippen molar-refractivity contribution >= 4 is 23.5 Å². The van der Waals surface area contributed by atoms with Gasteiger partial charge in [0, 0.05) is 37.9 Å². The Balaban J connectivity index is 1.88. The molecule has 2 rings (SSSR count). The topological polar surface area (TPSA) is 69.6 Å². The van der Waals surface area contributed by atoms with Gasteiger partial charge in [-0.15, -0.1) is 0 Å². The first-order chi connectivity index (χ1) is 10.7. The number of aliphatic hydroxyl groups is 1. The molecule has 0 radical (unpaired) electrons. The molecule has 1 fully saturated rings. The van der Waals surface area contributed by atoms with Crippen molar-refractivity contribution in [3.05, 3.63) is 18.1 Å². The number of hydrogen-bond acceptors (Lipinski definition) is 6. The summed E-state index contributed by atoms with van der Waals surface area (Å²) in [6.45, 7) is 4.79. The molecule has 2 heterocycles. The normalized spacial score (nSPS) is 16.7. The van der Waals surface area contributed by atoms with Crippen LogP contribution < -0.4 is 4.90 Å². The number of aromatic nitrogens is 2. The quantitative estimate of drug-likeness (QED) is 0.835. The fourth-order valence-corrected chi connectivity index (χ4v) is 2.93. The number of amides is 1. The van der Waals surface area contributed by atoms with E-state index in [4.69, 9.17) is 0 Å². The molecule has 0 aliphatic carbocycles. The first-order valence-corrected chi connectivity index (χ1v) is 9.06. The summed E-state index contributed by atoms with van der Waals surface area (Å²) in [5, 5.41) is 9.91. The molecule has 1 aromatic rings. The Morgan fingerprint density at radius 2 is 2.09 bits per heavy atom. The fraction of sp³-hybridized carbons (Fsp3) is 0.667. The lowest BCUT2D eigenvalue weighted by Crippen LogP contribution is -2.51. The van der Waals surface area contributed by atoms with Crippen LogP contribution >= 0.6 is 11.8 Å². The number of anilines is 1. The van der Waals surface area contributed by atoms with Crippen LogP contribution in [0, 0.1) is 0 Å². The Labute approximate surface area is 135 Å². The van der Waals surface area contributed by atoms with E-state index in [-0.39, 0.29) is 5.91 Å². The summed E-state index contributed by atoms with van der Waals surface area (Å²) in [6.07, 6.45) is 4.10. The lowest BCUT2D eigenvalue weighted by molar-refractivity contribution is -0.140. The zero-order chi connectivity index (χ0) is 15.9. The molecule has 0 unspecified atom stereocenters. The van der Waals surface area contributed by atoms with E-state index in [1.165, 1.54) is 0 Å².